The zero-order chi connectivity index (χ0) is 17.2. The van der Waals surface area contributed by atoms with Crippen LogP contribution in [0.4, 0.5) is 0 Å². The molecule has 1 heterocycles. The van der Waals surface area contributed by atoms with Gasteiger partial charge in [0.1, 0.15) is 0 Å². The number of nitrogens with zero attached hydrogens (tertiary/aromatic N) is 1. The van der Waals surface area contributed by atoms with Crippen LogP contribution in [-0.2, 0) is 14.8 Å². The summed E-state index contributed by atoms with van der Waals surface area (Å²) in [5, 5.41) is 5.24. The number of carbonyl (C=O) groups is 1. The molecule has 1 aromatic carbocycles. The van der Waals surface area contributed by atoms with Gasteiger partial charge in [0.25, 0.3) is 5.91 Å². The summed E-state index contributed by atoms with van der Waals surface area (Å²) >= 11 is 0. The van der Waals surface area contributed by atoms with Crippen molar-refractivity contribution < 1.29 is 17.9 Å². The van der Waals surface area contributed by atoms with Crippen molar-refractivity contribution in [3.63, 3.8) is 0 Å². The quantitative estimate of drug-likeness (QED) is 0.901. The maximum Gasteiger partial charge on any atom is 0.254 e. The van der Waals surface area contributed by atoms with Crippen LogP contribution in [0.3, 0.4) is 0 Å². The maximum atomic E-state index is 12.8. The van der Waals surface area contributed by atoms with Crippen LogP contribution >= 0.6 is 0 Å². The highest BCUT2D eigenvalue weighted by atomic mass is 32.2. The number of nitrogens with two attached hydrogens (primary N) is 1. The molecule has 6 nitrogen and oxygen atoms in total. The Balaban J connectivity index is 2.32. The van der Waals surface area contributed by atoms with Crippen LogP contribution in [0, 0.1) is 13.8 Å². The number of ether oxygens (including phenoxy) is 1. The van der Waals surface area contributed by atoms with Gasteiger partial charge < -0.3 is 9.64 Å². The van der Waals surface area contributed by atoms with Crippen LogP contribution in [0.25, 0.3) is 0 Å². The number of carbonyl (C=O) groups excluding carboxylic acids is 1. The Labute approximate surface area is 137 Å². The molecule has 0 aliphatic carbocycles. The standard InChI is InChI=1S/C16H24N2O4S/c1-4-22-13-6-5-7-18(10-13)16(19)14-9-15(23(17,20)21)12(3)8-11(14)2/h8-9,13H,4-7,10H2,1-3H3,(H2,17,20,21)/t13-/m1/s1. The second-order valence-corrected chi connectivity index (χ2v) is 7.48. The van der Waals surface area contributed by atoms with Crippen molar-refractivity contribution >= 4 is 15.9 Å². The van der Waals surface area contributed by atoms with E-state index in [1.54, 1.807) is 24.8 Å². The average Bonchev–Trinajstić information content (AvgIpc) is 2.46. The van der Waals surface area contributed by atoms with E-state index in [2.05, 4.69) is 0 Å². The number of hydrogen-bond acceptors (Lipinski definition) is 4. The number of hydrogen-bond donors (Lipinski definition) is 1. The summed E-state index contributed by atoms with van der Waals surface area (Å²) in [7, 11) is -3.85. The Kier molecular flexibility index (Phi) is 5.44. The van der Waals surface area contributed by atoms with Gasteiger partial charge in [-0.2, -0.15) is 0 Å². The number of piperidine rings is 1. The van der Waals surface area contributed by atoms with Gasteiger partial charge in [0, 0.05) is 25.3 Å². The first-order valence-corrected chi connectivity index (χ1v) is 9.33. The van der Waals surface area contributed by atoms with Gasteiger partial charge in [0.15, 0.2) is 0 Å². The third-order valence-corrected chi connectivity index (χ3v) is 5.18. The predicted molar refractivity (Wildman–Crippen MR) is 87.8 cm³/mol. The van der Waals surface area contributed by atoms with Crippen LogP contribution in [0.15, 0.2) is 17.0 Å². The molecule has 1 atom stereocenters. The molecule has 1 fully saturated rings. The molecular formula is C16H24N2O4S. The lowest BCUT2D eigenvalue weighted by Gasteiger charge is -2.33. The third-order valence-electron chi connectivity index (χ3n) is 4.13. The van der Waals surface area contributed by atoms with Crippen molar-refractivity contribution in [2.24, 2.45) is 5.14 Å². The number of amides is 1. The molecule has 0 radical (unpaired) electrons. The Bertz CT molecular complexity index is 698. The van der Waals surface area contributed by atoms with Crippen molar-refractivity contribution in [1.82, 2.24) is 4.90 Å². The van der Waals surface area contributed by atoms with Crippen molar-refractivity contribution in [2.45, 2.75) is 44.6 Å². The molecule has 0 spiro atoms. The Hall–Kier alpha value is -1.44. The van der Waals surface area contributed by atoms with Gasteiger partial charge in [0.05, 0.1) is 11.0 Å². The second kappa shape index (κ2) is 6.98. The van der Waals surface area contributed by atoms with E-state index in [-0.39, 0.29) is 16.9 Å². The minimum Gasteiger partial charge on any atom is -0.377 e. The summed E-state index contributed by atoms with van der Waals surface area (Å²) in [4.78, 5) is 14.5. The maximum absolute atomic E-state index is 12.8. The molecule has 0 unspecified atom stereocenters. The van der Waals surface area contributed by atoms with Crippen molar-refractivity contribution in [3.8, 4) is 0 Å². The highest BCUT2D eigenvalue weighted by Crippen LogP contribution is 2.23. The molecule has 1 aliphatic rings. The molecular weight excluding hydrogens is 316 g/mol. The topological polar surface area (TPSA) is 89.7 Å². The van der Waals surface area contributed by atoms with Gasteiger partial charge in [-0.15, -0.1) is 0 Å². The minimum absolute atomic E-state index is 0.00446. The molecule has 1 saturated heterocycles. The van der Waals surface area contributed by atoms with Gasteiger partial charge in [-0.25, -0.2) is 13.6 Å². The van der Waals surface area contributed by atoms with Crippen molar-refractivity contribution in [1.29, 1.82) is 0 Å². The van der Waals surface area contributed by atoms with Gasteiger partial charge >= 0.3 is 0 Å². The zero-order valence-electron chi connectivity index (χ0n) is 13.8. The zero-order valence-corrected chi connectivity index (χ0v) is 14.6. The van der Waals surface area contributed by atoms with Crippen LogP contribution in [0.2, 0.25) is 0 Å². The van der Waals surface area contributed by atoms with Gasteiger partial charge in [-0.05, 0) is 50.8 Å². The molecule has 0 aromatic heterocycles. The number of sulfonamides is 1. The van der Waals surface area contributed by atoms with E-state index in [0.717, 1.165) is 18.4 Å². The van der Waals surface area contributed by atoms with E-state index >= 15 is 0 Å². The first-order chi connectivity index (χ1) is 10.7. The molecule has 1 aromatic rings. The van der Waals surface area contributed by atoms with Crippen LogP contribution in [-0.4, -0.2) is 45.0 Å². The fourth-order valence-electron chi connectivity index (χ4n) is 3.03. The molecule has 2 N–H and O–H groups in total. The van der Waals surface area contributed by atoms with E-state index in [0.29, 0.717) is 30.8 Å². The van der Waals surface area contributed by atoms with Crippen molar-refractivity contribution in [3.05, 3.63) is 28.8 Å². The largest absolute Gasteiger partial charge is 0.377 e. The molecule has 0 saturated carbocycles. The molecule has 23 heavy (non-hydrogen) atoms. The fraction of sp³-hybridized carbons (Fsp3) is 0.562. The highest BCUT2D eigenvalue weighted by molar-refractivity contribution is 7.89. The van der Waals surface area contributed by atoms with Crippen molar-refractivity contribution in [2.75, 3.05) is 19.7 Å². The third kappa shape index (κ3) is 4.10. The monoisotopic (exact) mass is 340 g/mol. The molecule has 1 amide bonds. The van der Waals surface area contributed by atoms with Crippen LogP contribution in [0.1, 0.15) is 41.3 Å². The van der Waals surface area contributed by atoms with E-state index in [9.17, 15) is 13.2 Å². The number of rotatable bonds is 4. The van der Waals surface area contributed by atoms with Crippen LogP contribution in [0.5, 0.6) is 0 Å². The summed E-state index contributed by atoms with van der Waals surface area (Å²) in [6.45, 7) is 7.21. The molecule has 2 rings (SSSR count). The second-order valence-electron chi connectivity index (χ2n) is 5.95. The summed E-state index contributed by atoms with van der Waals surface area (Å²) < 4.78 is 29.0. The molecule has 0 bridgehead atoms. The fourth-order valence-corrected chi connectivity index (χ4v) is 3.82. The number of benzene rings is 1. The van der Waals surface area contributed by atoms with Crippen LogP contribution < -0.4 is 5.14 Å². The van der Waals surface area contributed by atoms with Gasteiger partial charge in [0.2, 0.25) is 10.0 Å². The Morgan fingerprint density at radius 1 is 1.35 bits per heavy atom. The smallest absolute Gasteiger partial charge is 0.254 e. The molecule has 128 valence electrons. The summed E-state index contributed by atoms with van der Waals surface area (Å²) in [6, 6.07) is 3.09. The number of likely N-dealkylation sites (tertiary alicyclic amines) is 1. The normalized spacial score (nSPS) is 19.0. The summed E-state index contributed by atoms with van der Waals surface area (Å²) in [6.07, 6.45) is 1.86. The molecule has 1 aliphatic heterocycles. The van der Waals surface area contributed by atoms with Gasteiger partial charge in [-0.1, -0.05) is 6.07 Å². The van der Waals surface area contributed by atoms with E-state index in [1.807, 2.05) is 6.92 Å². The average molecular weight is 340 g/mol. The first kappa shape index (κ1) is 17.9. The Morgan fingerprint density at radius 2 is 2.04 bits per heavy atom. The molecule has 7 heteroatoms. The van der Waals surface area contributed by atoms with E-state index in [4.69, 9.17) is 9.88 Å². The lowest BCUT2D eigenvalue weighted by molar-refractivity contribution is 0.00720. The number of aryl methyl sites for hydroxylation is 2. The van der Waals surface area contributed by atoms with Gasteiger partial charge in [-0.3, -0.25) is 4.79 Å². The SMILES string of the molecule is CCO[C@@H]1CCCN(C(=O)c2cc(S(N)(=O)=O)c(C)cc2C)C1. The Morgan fingerprint density at radius 3 is 2.65 bits per heavy atom. The minimum atomic E-state index is -3.85. The lowest BCUT2D eigenvalue weighted by atomic mass is 10.0. The lowest BCUT2D eigenvalue weighted by Crippen LogP contribution is -2.43. The summed E-state index contributed by atoms with van der Waals surface area (Å²) in [5.74, 6) is -0.170. The van der Waals surface area contributed by atoms with E-state index in [1.165, 1.54) is 6.07 Å². The number of primary sulfonamides is 1. The summed E-state index contributed by atoms with van der Waals surface area (Å²) in [5.41, 5.74) is 1.68. The predicted octanol–water partition coefficient (Wildman–Crippen LogP) is 1.59. The van der Waals surface area contributed by atoms with E-state index < -0.39 is 10.0 Å². The first-order valence-electron chi connectivity index (χ1n) is 7.79. The highest BCUT2D eigenvalue weighted by Gasteiger charge is 2.27.